The number of H-pyrrole nitrogens is 1. The maximum atomic E-state index is 11.7. The number of aliphatic hydroxyl groups excluding tert-OH is 1. The van der Waals surface area contributed by atoms with Gasteiger partial charge in [0.1, 0.15) is 25.0 Å². The van der Waals surface area contributed by atoms with Gasteiger partial charge in [0, 0.05) is 13.8 Å². The zero-order chi connectivity index (χ0) is 17.1. The molecule has 1 aliphatic rings. The van der Waals surface area contributed by atoms with Crippen LogP contribution in [0.5, 0.6) is 0 Å². The maximum absolute atomic E-state index is 11.7. The highest BCUT2D eigenvalue weighted by Gasteiger charge is 2.48. The fourth-order valence-corrected chi connectivity index (χ4v) is 2.14. The molecule has 126 valence electrons. The fraction of sp³-hybridized carbons (Fsp3) is 0.583. The minimum absolute atomic E-state index is 0.293. The minimum atomic E-state index is -1.45. The second-order valence-corrected chi connectivity index (χ2v) is 4.82. The molecule has 1 aromatic rings. The van der Waals surface area contributed by atoms with Gasteiger partial charge in [-0.3, -0.25) is 19.4 Å². The summed E-state index contributed by atoms with van der Waals surface area (Å²) in [6.45, 7) is 2.02. The van der Waals surface area contributed by atoms with Crippen molar-refractivity contribution in [2.75, 3.05) is 6.61 Å². The number of carbonyl (C=O) groups excluding carboxylic acids is 2. The highest BCUT2D eigenvalue weighted by molar-refractivity contribution is 5.66. The number of esters is 2. The molecular weight excluding hydrogens is 314 g/mol. The molecule has 2 N–H and O–H groups in total. The third kappa shape index (κ3) is 3.81. The van der Waals surface area contributed by atoms with Crippen LogP contribution >= 0.6 is 0 Å². The van der Waals surface area contributed by atoms with Crippen molar-refractivity contribution >= 4 is 11.9 Å². The van der Waals surface area contributed by atoms with Gasteiger partial charge in [0.2, 0.25) is 0 Å². The molecule has 11 heteroatoms. The summed E-state index contributed by atoms with van der Waals surface area (Å²) < 4.78 is 15.9. The Hall–Kier alpha value is -2.53. The molecule has 2 heterocycles. The molecule has 0 bridgehead atoms. The van der Waals surface area contributed by atoms with Gasteiger partial charge in [-0.15, -0.1) is 0 Å². The maximum Gasteiger partial charge on any atom is 0.347 e. The molecule has 0 unspecified atom stereocenters. The standard InChI is InChI=1S/C12H15N3O8/c1-5(16)21-4-7-10(22-6(2)17)9(19)11(23-7)15-12(20)14-8(18)3-13-15/h3,7,9-11,19H,4H2,1-2H3,(H,14,18,20)/t7-,9-,10-,11-/m1/s1. The van der Waals surface area contributed by atoms with E-state index < -0.39 is 47.7 Å². The largest absolute Gasteiger partial charge is 0.463 e. The third-order valence-corrected chi connectivity index (χ3v) is 3.04. The average molecular weight is 329 g/mol. The van der Waals surface area contributed by atoms with E-state index in [0.29, 0.717) is 4.68 Å². The first-order valence-corrected chi connectivity index (χ1v) is 6.62. The Morgan fingerprint density at radius 1 is 1.39 bits per heavy atom. The van der Waals surface area contributed by atoms with Crippen molar-refractivity contribution in [2.24, 2.45) is 0 Å². The summed E-state index contributed by atoms with van der Waals surface area (Å²) in [5, 5.41) is 13.8. The van der Waals surface area contributed by atoms with Crippen LogP contribution in [0.1, 0.15) is 20.1 Å². The van der Waals surface area contributed by atoms with E-state index in [2.05, 4.69) is 5.10 Å². The normalized spacial score (nSPS) is 26.7. The predicted octanol–water partition coefficient (Wildman–Crippen LogP) is -2.32. The summed E-state index contributed by atoms with van der Waals surface area (Å²) in [4.78, 5) is 46.8. The van der Waals surface area contributed by atoms with E-state index in [0.717, 1.165) is 13.1 Å². The number of aromatic amines is 1. The van der Waals surface area contributed by atoms with Gasteiger partial charge in [-0.2, -0.15) is 9.78 Å². The molecule has 0 aliphatic carbocycles. The molecule has 23 heavy (non-hydrogen) atoms. The van der Waals surface area contributed by atoms with Gasteiger partial charge in [0.05, 0.1) is 0 Å². The number of carbonyl (C=O) groups is 2. The van der Waals surface area contributed by atoms with Gasteiger partial charge in [-0.1, -0.05) is 0 Å². The van der Waals surface area contributed by atoms with Crippen molar-refractivity contribution in [3.8, 4) is 0 Å². The number of nitrogens with one attached hydrogen (secondary N) is 1. The van der Waals surface area contributed by atoms with Crippen LogP contribution in [0, 0.1) is 0 Å². The summed E-state index contributed by atoms with van der Waals surface area (Å²) in [7, 11) is 0. The van der Waals surface area contributed by atoms with Crippen LogP contribution in [0.3, 0.4) is 0 Å². The number of hydrogen-bond donors (Lipinski definition) is 2. The van der Waals surface area contributed by atoms with Crippen LogP contribution in [0.25, 0.3) is 0 Å². The van der Waals surface area contributed by atoms with Gasteiger partial charge in [-0.25, -0.2) is 4.79 Å². The van der Waals surface area contributed by atoms with Crippen molar-refractivity contribution in [2.45, 2.75) is 38.4 Å². The highest BCUT2D eigenvalue weighted by atomic mass is 16.6. The molecule has 11 nitrogen and oxygen atoms in total. The number of aliphatic hydroxyl groups is 1. The molecule has 4 atom stereocenters. The first kappa shape index (κ1) is 16.8. The zero-order valence-electron chi connectivity index (χ0n) is 12.3. The van der Waals surface area contributed by atoms with E-state index in [1.807, 2.05) is 4.98 Å². The van der Waals surface area contributed by atoms with Crippen molar-refractivity contribution in [3.05, 3.63) is 27.0 Å². The molecule has 0 aromatic carbocycles. The fourth-order valence-electron chi connectivity index (χ4n) is 2.14. The molecule has 0 spiro atoms. The van der Waals surface area contributed by atoms with Crippen LogP contribution < -0.4 is 11.2 Å². The lowest BCUT2D eigenvalue weighted by Gasteiger charge is -2.19. The molecule has 1 aliphatic heterocycles. The van der Waals surface area contributed by atoms with E-state index >= 15 is 0 Å². The minimum Gasteiger partial charge on any atom is -0.463 e. The zero-order valence-corrected chi connectivity index (χ0v) is 12.3. The number of hydrogen-bond acceptors (Lipinski definition) is 9. The third-order valence-electron chi connectivity index (χ3n) is 3.04. The summed E-state index contributed by atoms with van der Waals surface area (Å²) in [6.07, 6.45) is -4.10. The van der Waals surface area contributed by atoms with E-state index in [4.69, 9.17) is 14.2 Å². The second-order valence-electron chi connectivity index (χ2n) is 4.82. The molecule has 2 rings (SSSR count). The lowest BCUT2D eigenvalue weighted by Crippen LogP contribution is -2.41. The predicted molar refractivity (Wildman–Crippen MR) is 71.2 cm³/mol. The molecule has 1 aromatic heterocycles. The van der Waals surface area contributed by atoms with E-state index in [9.17, 15) is 24.3 Å². The highest BCUT2D eigenvalue weighted by Crippen LogP contribution is 2.30. The van der Waals surface area contributed by atoms with Crippen molar-refractivity contribution in [1.29, 1.82) is 0 Å². The van der Waals surface area contributed by atoms with E-state index in [1.165, 1.54) is 6.92 Å². The van der Waals surface area contributed by atoms with Gasteiger partial charge < -0.3 is 19.3 Å². The molecule has 1 saturated heterocycles. The van der Waals surface area contributed by atoms with Crippen LogP contribution in [0.2, 0.25) is 0 Å². The Bertz CT molecular complexity index is 711. The molecule has 0 radical (unpaired) electrons. The van der Waals surface area contributed by atoms with Gasteiger partial charge in [0.15, 0.2) is 12.3 Å². The topological polar surface area (TPSA) is 150 Å². The van der Waals surface area contributed by atoms with Gasteiger partial charge in [0.25, 0.3) is 5.56 Å². The van der Waals surface area contributed by atoms with Crippen LogP contribution in [0.4, 0.5) is 0 Å². The quantitative estimate of drug-likeness (QED) is 0.580. The van der Waals surface area contributed by atoms with Crippen LogP contribution in [-0.4, -0.2) is 56.7 Å². The second kappa shape index (κ2) is 6.71. The Morgan fingerprint density at radius 2 is 2.09 bits per heavy atom. The number of nitrogens with zero attached hydrogens (tertiary/aromatic N) is 2. The lowest BCUT2D eigenvalue weighted by atomic mass is 10.1. The van der Waals surface area contributed by atoms with E-state index in [-0.39, 0.29) is 6.61 Å². The molecule has 0 amide bonds. The van der Waals surface area contributed by atoms with Crippen LogP contribution in [0.15, 0.2) is 15.8 Å². The van der Waals surface area contributed by atoms with Crippen LogP contribution in [-0.2, 0) is 23.8 Å². The van der Waals surface area contributed by atoms with Gasteiger partial charge in [-0.05, 0) is 0 Å². The summed E-state index contributed by atoms with van der Waals surface area (Å²) in [5.41, 5.74) is -1.62. The average Bonchev–Trinajstić information content (AvgIpc) is 2.73. The monoisotopic (exact) mass is 329 g/mol. The summed E-state index contributed by atoms with van der Waals surface area (Å²) >= 11 is 0. The lowest BCUT2D eigenvalue weighted by molar-refractivity contribution is -0.157. The number of ether oxygens (including phenoxy) is 3. The van der Waals surface area contributed by atoms with Gasteiger partial charge >= 0.3 is 17.6 Å². The Labute approximate surface area is 128 Å². The SMILES string of the molecule is CC(=O)OC[C@H]1O[C@@H](n2ncc(=O)[nH]c2=O)[C@H](O)[C@@H]1OC(C)=O. The number of rotatable bonds is 4. The smallest absolute Gasteiger partial charge is 0.347 e. The van der Waals surface area contributed by atoms with Crippen molar-refractivity contribution < 1.29 is 28.9 Å². The Morgan fingerprint density at radius 3 is 2.65 bits per heavy atom. The van der Waals surface area contributed by atoms with Crippen molar-refractivity contribution in [3.63, 3.8) is 0 Å². The molecule has 0 saturated carbocycles. The first-order valence-electron chi connectivity index (χ1n) is 6.62. The number of aromatic nitrogens is 3. The Kier molecular flexibility index (Phi) is 4.91. The summed E-state index contributed by atoms with van der Waals surface area (Å²) in [6, 6.07) is 0. The molecular formula is C12H15N3O8. The van der Waals surface area contributed by atoms with Crippen molar-refractivity contribution in [1.82, 2.24) is 14.8 Å². The molecule has 1 fully saturated rings. The Balaban J connectivity index is 2.27. The van der Waals surface area contributed by atoms with E-state index in [1.54, 1.807) is 0 Å². The summed E-state index contributed by atoms with van der Waals surface area (Å²) in [5.74, 6) is -1.28. The first-order chi connectivity index (χ1) is 10.8.